The zero-order valence-electron chi connectivity index (χ0n) is 12.9. The molecule has 0 N–H and O–H groups in total. The van der Waals surface area contributed by atoms with Crippen molar-refractivity contribution in [3.8, 4) is 5.75 Å². The van der Waals surface area contributed by atoms with Crippen LogP contribution in [-0.4, -0.2) is 16.6 Å². The summed E-state index contributed by atoms with van der Waals surface area (Å²) < 4.78 is 6.05. The summed E-state index contributed by atoms with van der Waals surface area (Å²) in [6.45, 7) is 3.55. The molecular formula is C19H17ClN2O. The van der Waals surface area contributed by atoms with Gasteiger partial charge in [0.05, 0.1) is 5.02 Å². The number of pyridine rings is 1. The lowest BCUT2D eigenvalue weighted by atomic mass is 10.0. The second kappa shape index (κ2) is 5.84. The predicted molar refractivity (Wildman–Crippen MR) is 92.6 cm³/mol. The first kappa shape index (κ1) is 14.5. The summed E-state index contributed by atoms with van der Waals surface area (Å²) in [5, 5.41) is 1.67. The largest absolute Gasteiger partial charge is 0.475 e. The topological polar surface area (TPSA) is 25.4 Å². The minimum atomic E-state index is 0.280. The van der Waals surface area contributed by atoms with Gasteiger partial charge >= 0.3 is 0 Å². The lowest BCUT2D eigenvalue weighted by Gasteiger charge is -2.34. The van der Waals surface area contributed by atoms with Gasteiger partial charge in [-0.3, -0.25) is 9.88 Å². The Morgan fingerprint density at radius 2 is 2.00 bits per heavy atom. The Balaban J connectivity index is 1.70. The van der Waals surface area contributed by atoms with Crippen LogP contribution in [0.25, 0.3) is 10.9 Å². The number of halogens is 1. The first-order valence-corrected chi connectivity index (χ1v) is 8.10. The van der Waals surface area contributed by atoms with Crippen molar-refractivity contribution < 1.29 is 4.74 Å². The van der Waals surface area contributed by atoms with E-state index < -0.39 is 0 Å². The van der Waals surface area contributed by atoms with Gasteiger partial charge in [0.2, 0.25) is 0 Å². The number of aromatic nitrogens is 1. The average Bonchev–Trinajstić information content (AvgIpc) is 2.61. The highest BCUT2D eigenvalue weighted by atomic mass is 35.5. The highest BCUT2D eigenvalue weighted by Crippen LogP contribution is 2.38. The Labute approximate surface area is 140 Å². The first-order chi connectivity index (χ1) is 11.2. The first-order valence-electron chi connectivity index (χ1n) is 7.72. The van der Waals surface area contributed by atoms with Gasteiger partial charge in [0.25, 0.3) is 0 Å². The van der Waals surface area contributed by atoms with E-state index in [9.17, 15) is 0 Å². The molecule has 4 heteroatoms. The zero-order valence-corrected chi connectivity index (χ0v) is 13.6. The number of benzene rings is 2. The van der Waals surface area contributed by atoms with Crippen LogP contribution in [-0.2, 0) is 6.54 Å². The van der Waals surface area contributed by atoms with E-state index in [0.29, 0.717) is 6.73 Å². The van der Waals surface area contributed by atoms with Gasteiger partial charge in [-0.1, -0.05) is 41.9 Å². The lowest BCUT2D eigenvalue weighted by molar-refractivity contribution is 0.0630. The van der Waals surface area contributed by atoms with Gasteiger partial charge in [0.1, 0.15) is 12.2 Å². The fourth-order valence-electron chi connectivity index (χ4n) is 3.11. The van der Waals surface area contributed by atoms with Gasteiger partial charge < -0.3 is 4.74 Å². The fraction of sp³-hybridized carbons (Fsp3) is 0.211. The second-order valence-corrected chi connectivity index (χ2v) is 6.26. The Morgan fingerprint density at radius 3 is 2.83 bits per heavy atom. The van der Waals surface area contributed by atoms with Crippen molar-refractivity contribution in [3.05, 3.63) is 70.9 Å². The smallest absolute Gasteiger partial charge is 0.152 e. The molecule has 0 saturated heterocycles. The number of hydrogen-bond acceptors (Lipinski definition) is 3. The van der Waals surface area contributed by atoms with Crippen molar-refractivity contribution in [3.63, 3.8) is 0 Å². The quantitative estimate of drug-likeness (QED) is 0.677. The Bertz CT molecular complexity index is 851. The maximum Gasteiger partial charge on any atom is 0.152 e. The molecular weight excluding hydrogens is 308 g/mol. The van der Waals surface area contributed by atoms with E-state index in [1.807, 2.05) is 24.3 Å². The normalized spacial score (nSPS) is 15.9. The van der Waals surface area contributed by atoms with Gasteiger partial charge in [-0.15, -0.1) is 0 Å². The molecule has 3 nitrogen and oxygen atoms in total. The minimum Gasteiger partial charge on any atom is -0.475 e. The highest BCUT2D eigenvalue weighted by molar-refractivity contribution is 6.35. The van der Waals surface area contributed by atoms with E-state index in [1.54, 1.807) is 6.20 Å². The van der Waals surface area contributed by atoms with Gasteiger partial charge in [-0.25, -0.2) is 0 Å². The molecule has 23 heavy (non-hydrogen) atoms. The summed E-state index contributed by atoms with van der Waals surface area (Å²) >= 11 is 6.42. The van der Waals surface area contributed by atoms with Crippen molar-refractivity contribution in [2.75, 3.05) is 6.73 Å². The van der Waals surface area contributed by atoms with Crippen LogP contribution in [0.5, 0.6) is 5.75 Å². The van der Waals surface area contributed by atoms with Crippen LogP contribution in [0, 0.1) is 0 Å². The van der Waals surface area contributed by atoms with Crippen LogP contribution in [0.2, 0.25) is 5.02 Å². The molecule has 116 valence electrons. The highest BCUT2D eigenvalue weighted by Gasteiger charge is 2.25. The predicted octanol–water partition coefficient (Wildman–Crippen LogP) is 4.80. The minimum absolute atomic E-state index is 0.280. The maximum atomic E-state index is 6.42. The van der Waals surface area contributed by atoms with Crippen molar-refractivity contribution in [1.82, 2.24) is 9.88 Å². The van der Waals surface area contributed by atoms with Crippen molar-refractivity contribution in [2.24, 2.45) is 0 Å². The number of ether oxygens (including phenoxy) is 1. The van der Waals surface area contributed by atoms with Crippen LogP contribution in [0.1, 0.15) is 24.1 Å². The molecule has 1 unspecified atom stereocenters. The third-order valence-electron chi connectivity index (χ3n) is 4.45. The van der Waals surface area contributed by atoms with Crippen LogP contribution in [0.4, 0.5) is 0 Å². The summed E-state index contributed by atoms with van der Waals surface area (Å²) in [6, 6.07) is 16.6. The number of nitrogens with zero attached hydrogens (tertiary/aromatic N) is 2. The SMILES string of the molecule is CC(c1ccccc1)N1COc2c(cc(Cl)c3cccnc23)C1. The van der Waals surface area contributed by atoms with E-state index in [1.165, 1.54) is 5.56 Å². The van der Waals surface area contributed by atoms with Gasteiger partial charge in [0, 0.05) is 29.7 Å². The van der Waals surface area contributed by atoms with Crippen LogP contribution < -0.4 is 4.74 Å². The Kier molecular flexibility index (Phi) is 3.68. The molecule has 0 saturated carbocycles. The zero-order chi connectivity index (χ0) is 15.8. The molecule has 0 bridgehead atoms. The fourth-order valence-corrected chi connectivity index (χ4v) is 3.39. The molecule has 0 radical (unpaired) electrons. The molecule has 1 aliphatic heterocycles. The summed E-state index contributed by atoms with van der Waals surface area (Å²) in [5.74, 6) is 0.863. The van der Waals surface area contributed by atoms with E-state index >= 15 is 0 Å². The molecule has 3 aromatic rings. The van der Waals surface area contributed by atoms with E-state index in [2.05, 4.69) is 41.1 Å². The molecule has 1 atom stereocenters. The van der Waals surface area contributed by atoms with Crippen LogP contribution in [0.3, 0.4) is 0 Å². The molecule has 0 fully saturated rings. The summed E-state index contributed by atoms with van der Waals surface area (Å²) in [6.07, 6.45) is 1.78. The van der Waals surface area contributed by atoms with Crippen LogP contribution >= 0.6 is 11.6 Å². The third-order valence-corrected chi connectivity index (χ3v) is 4.76. The number of rotatable bonds is 2. The monoisotopic (exact) mass is 324 g/mol. The maximum absolute atomic E-state index is 6.42. The summed E-state index contributed by atoms with van der Waals surface area (Å²) in [5.41, 5.74) is 3.22. The number of hydrogen-bond donors (Lipinski definition) is 0. The van der Waals surface area contributed by atoms with Crippen molar-refractivity contribution in [2.45, 2.75) is 19.5 Å². The van der Waals surface area contributed by atoms with E-state index in [0.717, 1.165) is 33.8 Å². The summed E-state index contributed by atoms with van der Waals surface area (Å²) in [7, 11) is 0. The summed E-state index contributed by atoms with van der Waals surface area (Å²) in [4.78, 5) is 6.75. The molecule has 1 aromatic heterocycles. The Hall–Kier alpha value is -2.10. The molecule has 1 aliphatic rings. The molecule has 2 aromatic carbocycles. The molecule has 0 amide bonds. The lowest BCUT2D eigenvalue weighted by Crippen LogP contribution is -2.34. The van der Waals surface area contributed by atoms with Crippen molar-refractivity contribution >= 4 is 22.5 Å². The number of fused-ring (bicyclic) bond motifs is 3. The van der Waals surface area contributed by atoms with Gasteiger partial charge in [-0.2, -0.15) is 0 Å². The van der Waals surface area contributed by atoms with Crippen LogP contribution in [0.15, 0.2) is 54.7 Å². The molecule has 0 spiro atoms. The molecule has 2 heterocycles. The van der Waals surface area contributed by atoms with E-state index in [-0.39, 0.29) is 6.04 Å². The van der Waals surface area contributed by atoms with E-state index in [4.69, 9.17) is 16.3 Å². The second-order valence-electron chi connectivity index (χ2n) is 5.85. The molecule has 4 rings (SSSR count). The van der Waals surface area contributed by atoms with Crippen molar-refractivity contribution in [1.29, 1.82) is 0 Å². The molecule has 0 aliphatic carbocycles. The Morgan fingerprint density at radius 1 is 1.17 bits per heavy atom. The van der Waals surface area contributed by atoms with Gasteiger partial charge in [-0.05, 0) is 30.7 Å². The standard InChI is InChI=1S/C19H17ClN2O/c1-13(14-6-3-2-4-7-14)22-11-15-10-17(20)16-8-5-9-21-18(16)19(15)23-12-22/h2-10,13H,11-12H2,1H3. The average molecular weight is 325 g/mol. The van der Waals surface area contributed by atoms with Gasteiger partial charge in [0.15, 0.2) is 5.75 Å². The third kappa shape index (κ3) is 2.56.